The number of aromatic nitrogens is 1. The number of piperidine rings is 3. The molecule has 166 valence electrons. The first-order valence-electron chi connectivity index (χ1n) is 11.0. The van der Waals surface area contributed by atoms with Gasteiger partial charge < -0.3 is 14.9 Å². The molecule has 1 aromatic rings. The number of carboxylic acids is 1. The molecule has 3 saturated heterocycles. The molecule has 0 saturated carbocycles. The lowest BCUT2D eigenvalue weighted by Crippen LogP contribution is -2.49. The number of carbonyl (C=O) groups excluding carboxylic acids is 3. The molecular weight excluding hydrogens is 400 g/mol. The largest absolute Gasteiger partial charge is 0.481 e. The average molecular weight is 428 g/mol. The molecule has 1 atom stereocenters. The van der Waals surface area contributed by atoms with E-state index in [9.17, 15) is 19.2 Å². The fourth-order valence-corrected chi connectivity index (χ4v) is 4.76. The van der Waals surface area contributed by atoms with E-state index in [2.05, 4.69) is 10.3 Å². The maximum Gasteiger partial charge on any atom is 0.319 e. The van der Waals surface area contributed by atoms with Crippen LogP contribution in [0.3, 0.4) is 0 Å². The van der Waals surface area contributed by atoms with E-state index in [0.717, 1.165) is 24.1 Å². The summed E-state index contributed by atoms with van der Waals surface area (Å²) in [5, 5.41) is 11.5. The molecule has 0 unspecified atom stereocenters. The minimum Gasteiger partial charge on any atom is -0.481 e. The van der Waals surface area contributed by atoms with Crippen molar-refractivity contribution in [1.82, 2.24) is 20.1 Å². The van der Waals surface area contributed by atoms with E-state index in [4.69, 9.17) is 5.11 Å². The van der Waals surface area contributed by atoms with Crippen molar-refractivity contribution < 1.29 is 24.3 Å². The summed E-state index contributed by atoms with van der Waals surface area (Å²) >= 11 is 0. The van der Waals surface area contributed by atoms with E-state index in [0.29, 0.717) is 51.9 Å². The van der Waals surface area contributed by atoms with E-state index in [1.165, 1.54) is 0 Å². The molecule has 3 fully saturated rings. The number of nitrogens with one attached hydrogen (secondary N) is 1. The SMILES string of the molecule is O=C1CC[C@@H](c2ccc(C3CCN(C(=O)N4CCC(C(=O)O)CC4)CC3)nc2)C(=O)N1. The van der Waals surface area contributed by atoms with Gasteiger partial charge in [-0.1, -0.05) is 6.07 Å². The van der Waals surface area contributed by atoms with Crippen LogP contribution < -0.4 is 5.32 Å². The van der Waals surface area contributed by atoms with Crippen LogP contribution in [0.15, 0.2) is 18.3 Å². The molecule has 2 N–H and O–H groups in total. The number of carbonyl (C=O) groups is 4. The number of carboxylic acid groups (broad SMARTS) is 1. The highest BCUT2D eigenvalue weighted by Crippen LogP contribution is 2.30. The summed E-state index contributed by atoms with van der Waals surface area (Å²) in [4.78, 5) is 55.4. The monoisotopic (exact) mass is 428 g/mol. The Hall–Kier alpha value is -2.97. The third kappa shape index (κ3) is 4.70. The second-order valence-electron chi connectivity index (χ2n) is 8.66. The summed E-state index contributed by atoms with van der Waals surface area (Å²) in [5.41, 5.74) is 1.79. The van der Waals surface area contributed by atoms with Crippen LogP contribution >= 0.6 is 0 Å². The number of imide groups is 1. The highest BCUT2D eigenvalue weighted by Gasteiger charge is 2.32. The molecule has 1 aromatic heterocycles. The van der Waals surface area contributed by atoms with Crippen LogP contribution in [0.5, 0.6) is 0 Å². The first-order valence-corrected chi connectivity index (χ1v) is 11.0. The lowest BCUT2D eigenvalue weighted by molar-refractivity contribution is -0.143. The van der Waals surface area contributed by atoms with Crippen molar-refractivity contribution in [1.29, 1.82) is 0 Å². The zero-order chi connectivity index (χ0) is 22.0. The van der Waals surface area contributed by atoms with Crippen molar-refractivity contribution in [2.75, 3.05) is 26.2 Å². The molecule has 3 aliphatic rings. The van der Waals surface area contributed by atoms with Gasteiger partial charge >= 0.3 is 12.0 Å². The standard InChI is InChI=1S/C22H28N4O5/c27-19-4-2-17(20(28)24-19)16-1-3-18(23-13-16)14-5-9-25(10-6-14)22(31)26-11-7-15(8-12-26)21(29)30/h1,3,13-15,17H,2,4-12H2,(H,29,30)(H,24,27,28)/t17-/m0/s1. The van der Waals surface area contributed by atoms with Gasteiger partial charge in [-0.05, 0) is 43.7 Å². The maximum absolute atomic E-state index is 12.8. The van der Waals surface area contributed by atoms with Gasteiger partial charge in [0.15, 0.2) is 0 Å². The molecule has 0 aliphatic carbocycles. The zero-order valence-electron chi connectivity index (χ0n) is 17.5. The summed E-state index contributed by atoms with van der Waals surface area (Å²) in [6.45, 7) is 2.30. The highest BCUT2D eigenvalue weighted by atomic mass is 16.4. The van der Waals surface area contributed by atoms with E-state index in [1.54, 1.807) is 11.1 Å². The quantitative estimate of drug-likeness (QED) is 0.707. The van der Waals surface area contributed by atoms with Crippen LogP contribution in [0.1, 0.15) is 61.6 Å². The lowest BCUT2D eigenvalue weighted by Gasteiger charge is -2.38. The number of amides is 4. The van der Waals surface area contributed by atoms with Gasteiger partial charge in [-0.25, -0.2) is 4.79 Å². The zero-order valence-corrected chi connectivity index (χ0v) is 17.5. The fraction of sp³-hybridized carbons (Fsp3) is 0.591. The highest BCUT2D eigenvalue weighted by molar-refractivity contribution is 6.00. The third-order valence-electron chi connectivity index (χ3n) is 6.75. The molecule has 4 heterocycles. The van der Waals surface area contributed by atoms with Gasteiger partial charge in [0.05, 0.1) is 11.8 Å². The van der Waals surface area contributed by atoms with Crippen molar-refractivity contribution in [2.24, 2.45) is 5.92 Å². The second-order valence-corrected chi connectivity index (χ2v) is 8.66. The average Bonchev–Trinajstić information content (AvgIpc) is 2.79. The number of nitrogens with zero attached hydrogens (tertiary/aromatic N) is 3. The van der Waals surface area contributed by atoms with Crippen molar-refractivity contribution >= 4 is 23.8 Å². The normalized spacial score (nSPS) is 23.5. The van der Waals surface area contributed by atoms with E-state index in [1.807, 2.05) is 17.0 Å². The van der Waals surface area contributed by atoms with Crippen molar-refractivity contribution in [3.8, 4) is 0 Å². The van der Waals surface area contributed by atoms with E-state index >= 15 is 0 Å². The molecule has 4 amide bonds. The lowest BCUT2D eigenvalue weighted by atomic mass is 9.89. The van der Waals surface area contributed by atoms with Crippen molar-refractivity contribution in [3.05, 3.63) is 29.6 Å². The van der Waals surface area contributed by atoms with Crippen LogP contribution in [0.25, 0.3) is 0 Å². The van der Waals surface area contributed by atoms with Crippen LogP contribution in [-0.2, 0) is 14.4 Å². The number of likely N-dealkylation sites (tertiary alicyclic amines) is 2. The van der Waals surface area contributed by atoms with Crippen LogP contribution in [-0.4, -0.2) is 69.9 Å². The summed E-state index contributed by atoms with van der Waals surface area (Å²) < 4.78 is 0. The number of aliphatic carboxylic acids is 1. The topological polar surface area (TPSA) is 120 Å². The summed E-state index contributed by atoms with van der Waals surface area (Å²) in [7, 11) is 0. The molecule has 0 bridgehead atoms. The smallest absolute Gasteiger partial charge is 0.319 e. The van der Waals surface area contributed by atoms with E-state index in [-0.39, 0.29) is 35.6 Å². The molecule has 3 aliphatic heterocycles. The minimum atomic E-state index is -0.774. The Kier molecular flexibility index (Phi) is 6.20. The predicted octanol–water partition coefficient (Wildman–Crippen LogP) is 1.70. The molecule has 9 heteroatoms. The fourth-order valence-electron chi connectivity index (χ4n) is 4.76. The Morgan fingerprint density at radius 1 is 0.968 bits per heavy atom. The van der Waals surface area contributed by atoms with Gasteiger partial charge in [-0.15, -0.1) is 0 Å². The molecular formula is C22H28N4O5. The van der Waals surface area contributed by atoms with Crippen LogP contribution in [0.4, 0.5) is 4.79 Å². The van der Waals surface area contributed by atoms with Crippen molar-refractivity contribution in [3.63, 3.8) is 0 Å². The number of urea groups is 1. The number of hydrogen-bond acceptors (Lipinski definition) is 5. The minimum absolute atomic E-state index is 0.00320. The van der Waals surface area contributed by atoms with Gasteiger partial charge in [0.1, 0.15) is 0 Å². The summed E-state index contributed by atoms with van der Waals surface area (Å²) in [6.07, 6.45) is 5.26. The summed E-state index contributed by atoms with van der Waals surface area (Å²) in [6, 6.07) is 3.88. The molecule has 0 aromatic carbocycles. The van der Waals surface area contributed by atoms with Gasteiger partial charge in [0.25, 0.3) is 0 Å². The Balaban J connectivity index is 1.29. The molecule has 0 spiro atoms. The molecule has 0 radical (unpaired) electrons. The second kappa shape index (κ2) is 9.03. The number of rotatable bonds is 3. The van der Waals surface area contributed by atoms with Gasteiger partial charge in [-0.3, -0.25) is 24.7 Å². The van der Waals surface area contributed by atoms with Crippen molar-refractivity contribution in [2.45, 2.75) is 50.4 Å². The Morgan fingerprint density at radius 3 is 2.16 bits per heavy atom. The Morgan fingerprint density at radius 2 is 1.61 bits per heavy atom. The molecule has 9 nitrogen and oxygen atoms in total. The van der Waals surface area contributed by atoms with E-state index < -0.39 is 5.97 Å². The summed E-state index contributed by atoms with van der Waals surface area (Å²) in [5.74, 6) is -1.67. The molecule has 31 heavy (non-hydrogen) atoms. The van der Waals surface area contributed by atoms with Crippen LogP contribution in [0, 0.1) is 5.92 Å². The predicted molar refractivity (Wildman–Crippen MR) is 110 cm³/mol. The number of pyridine rings is 1. The maximum atomic E-state index is 12.8. The first kappa shape index (κ1) is 21.3. The van der Waals surface area contributed by atoms with Gasteiger partial charge in [-0.2, -0.15) is 0 Å². The number of hydrogen-bond donors (Lipinski definition) is 2. The van der Waals surface area contributed by atoms with Gasteiger partial charge in [0, 0.05) is 50.4 Å². The first-order chi connectivity index (χ1) is 14.9. The Labute approximate surface area is 180 Å². The third-order valence-corrected chi connectivity index (χ3v) is 6.75. The molecule has 4 rings (SSSR count). The van der Waals surface area contributed by atoms with Crippen LogP contribution in [0.2, 0.25) is 0 Å². The van der Waals surface area contributed by atoms with Gasteiger partial charge in [0.2, 0.25) is 11.8 Å². The Bertz CT molecular complexity index is 855.